The molecule has 1 N–H and O–H groups in total. The lowest BCUT2D eigenvalue weighted by atomic mass is 9.73. The monoisotopic (exact) mass is 335 g/mol. The SMILES string of the molecule is CCCCC1(CCCC)CSc2ccc(N(C)C)cc2C[C@H]1O. The summed E-state index contributed by atoms with van der Waals surface area (Å²) >= 11 is 1.96. The molecule has 0 aliphatic carbocycles. The van der Waals surface area contributed by atoms with Crippen molar-refractivity contribution in [1.82, 2.24) is 0 Å². The Morgan fingerprint density at radius 2 is 1.83 bits per heavy atom. The van der Waals surface area contributed by atoms with E-state index in [2.05, 4.69) is 51.0 Å². The average Bonchev–Trinajstić information content (AvgIpc) is 2.67. The zero-order chi connectivity index (χ0) is 16.9. The highest BCUT2D eigenvalue weighted by atomic mass is 32.2. The molecule has 1 aromatic rings. The third kappa shape index (κ3) is 4.45. The van der Waals surface area contributed by atoms with Crippen molar-refractivity contribution < 1.29 is 5.11 Å². The minimum Gasteiger partial charge on any atom is -0.392 e. The summed E-state index contributed by atoms with van der Waals surface area (Å²) in [6.45, 7) is 4.50. The molecule has 0 bridgehead atoms. The molecule has 1 aliphatic heterocycles. The Kier molecular flexibility index (Phi) is 6.84. The molecule has 23 heavy (non-hydrogen) atoms. The molecule has 2 nitrogen and oxygen atoms in total. The van der Waals surface area contributed by atoms with Gasteiger partial charge in [-0.2, -0.15) is 0 Å². The summed E-state index contributed by atoms with van der Waals surface area (Å²) in [5.74, 6) is 1.06. The van der Waals surface area contributed by atoms with Crippen LogP contribution in [0.15, 0.2) is 23.1 Å². The minimum absolute atomic E-state index is 0.0913. The lowest BCUT2D eigenvalue weighted by Crippen LogP contribution is -2.38. The maximum absolute atomic E-state index is 11.1. The molecule has 2 rings (SSSR count). The highest BCUT2D eigenvalue weighted by Gasteiger charge is 2.39. The fourth-order valence-electron chi connectivity index (χ4n) is 3.55. The van der Waals surface area contributed by atoms with Gasteiger partial charge >= 0.3 is 0 Å². The zero-order valence-electron chi connectivity index (χ0n) is 15.3. The second-order valence-corrected chi connectivity index (χ2v) is 8.28. The molecule has 1 heterocycles. The Hall–Kier alpha value is -0.670. The van der Waals surface area contributed by atoms with Gasteiger partial charge in [0.05, 0.1) is 6.10 Å². The summed E-state index contributed by atoms with van der Waals surface area (Å²) in [4.78, 5) is 3.51. The van der Waals surface area contributed by atoms with Gasteiger partial charge in [-0.25, -0.2) is 0 Å². The van der Waals surface area contributed by atoms with E-state index >= 15 is 0 Å². The molecule has 130 valence electrons. The number of anilines is 1. The first-order valence-corrected chi connectivity index (χ1v) is 10.1. The second-order valence-electron chi connectivity index (χ2n) is 7.26. The highest BCUT2D eigenvalue weighted by Crippen LogP contribution is 2.45. The van der Waals surface area contributed by atoms with Crippen LogP contribution in [0.2, 0.25) is 0 Å². The number of benzene rings is 1. The number of nitrogens with zero attached hydrogens (tertiary/aromatic N) is 1. The van der Waals surface area contributed by atoms with Crippen molar-refractivity contribution in [2.75, 3.05) is 24.7 Å². The number of unbranched alkanes of at least 4 members (excludes halogenated alkanes) is 2. The number of thioether (sulfide) groups is 1. The summed E-state index contributed by atoms with van der Waals surface area (Å²) < 4.78 is 0. The number of aliphatic hydroxyl groups is 1. The van der Waals surface area contributed by atoms with Crippen molar-refractivity contribution in [3.8, 4) is 0 Å². The van der Waals surface area contributed by atoms with Crippen LogP contribution >= 0.6 is 11.8 Å². The molecule has 0 fully saturated rings. The maximum atomic E-state index is 11.1. The van der Waals surface area contributed by atoms with Crippen molar-refractivity contribution in [3.63, 3.8) is 0 Å². The van der Waals surface area contributed by atoms with Gasteiger partial charge < -0.3 is 10.0 Å². The van der Waals surface area contributed by atoms with Gasteiger partial charge in [-0.3, -0.25) is 0 Å². The van der Waals surface area contributed by atoms with Gasteiger partial charge in [-0.05, 0) is 36.6 Å². The van der Waals surface area contributed by atoms with Crippen LogP contribution < -0.4 is 4.90 Å². The fraction of sp³-hybridized carbons (Fsp3) is 0.700. The van der Waals surface area contributed by atoms with Crippen LogP contribution in [-0.2, 0) is 6.42 Å². The van der Waals surface area contributed by atoms with Gasteiger partial charge in [0.2, 0.25) is 0 Å². The van der Waals surface area contributed by atoms with Gasteiger partial charge in [0.1, 0.15) is 0 Å². The summed E-state index contributed by atoms with van der Waals surface area (Å²) in [5.41, 5.74) is 2.64. The molecule has 0 radical (unpaired) electrons. The molecular weight excluding hydrogens is 302 g/mol. The van der Waals surface area contributed by atoms with Crippen molar-refractivity contribution in [2.24, 2.45) is 5.41 Å². The van der Waals surface area contributed by atoms with Crippen molar-refractivity contribution >= 4 is 17.4 Å². The van der Waals surface area contributed by atoms with E-state index in [1.807, 2.05) is 11.8 Å². The smallest absolute Gasteiger partial charge is 0.0645 e. The molecule has 0 spiro atoms. The van der Waals surface area contributed by atoms with E-state index in [0.29, 0.717) is 0 Å². The minimum atomic E-state index is -0.216. The molecular formula is C20H33NOS. The second kappa shape index (κ2) is 8.43. The molecule has 1 aliphatic rings. The number of hydrogen-bond donors (Lipinski definition) is 1. The first-order chi connectivity index (χ1) is 11.0. The van der Waals surface area contributed by atoms with Crippen LogP contribution in [0.1, 0.15) is 57.9 Å². The summed E-state index contributed by atoms with van der Waals surface area (Å²) in [7, 11) is 4.16. The molecule has 0 saturated carbocycles. The lowest BCUT2D eigenvalue weighted by Gasteiger charge is -2.37. The predicted molar refractivity (Wildman–Crippen MR) is 103 cm³/mol. The highest BCUT2D eigenvalue weighted by molar-refractivity contribution is 7.99. The van der Waals surface area contributed by atoms with E-state index in [9.17, 15) is 5.11 Å². The van der Waals surface area contributed by atoms with Gasteiger partial charge in [-0.15, -0.1) is 11.8 Å². The van der Waals surface area contributed by atoms with Crippen LogP contribution in [0.4, 0.5) is 5.69 Å². The fourth-order valence-corrected chi connectivity index (χ4v) is 4.96. The molecule has 3 heteroatoms. The average molecular weight is 336 g/mol. The van der Waals surface area contributed by atoms with Crippen LogP contribution in [0.5, 0.6) is 0 Å². The van der Waals surface area contributed by atoms with E-state index in [0.717, 1.165) is 25.0 Å². The van der Waals surface area contributed by atoms with E-state index in [4.69, 9.17) is 0 Å². The molecule has 0 unspecified atom stereocenters. The van der Waals surface area contributed by atoms with E-state index < -0.39 is 0 Å². The molecule has 0 amide bonds. The Bertz CT molecular complexity index is 492. The summed E-state index contributed by atoms with van der Waals surface area (Å²) in [6.07, 6.45) is 7.77. The standard InChI is InChI=1S/C20H33NOS/c1-5-7-11-20(12-8-6-2)15-23-18-10-9-17(21(3)4)13-16(18)14-19(20)22/h9-10,13,19,22H,5-8,11-12,14-15H2,1-4H3/t19-/m1/s1. The largest absolute Gasteiger partial charge is 0.392 e. The molecule has 0 aromatic heterocycles. The third-order valence-corrected chi connectivity index (χ3v) is 6.68. The van der Waals surface area contributed by atoms with E-state index in [1.54, 1.807) is 0 Å². The van der Waals surface area contributed by atoms with Crippen molar-refractivity contribution in [2.45, 2.75) is 69.8 Å². The van der Waals surface area contributed by atoms with Crippen LogP contribution in [0, 0.1) is 5.41 Å². The maximum Gasteiger partial charge on any atom is 0.0645 e. The van der Waals surface area contributed by atoms with Gasteiger partial charge in [0, 0.05) is 42.3 Å². The lowest BCUT2D eigenvalue weighted by molar-refractivity contribution is 0.0259. The number of rotatable bonds is 7. The van der Waals surface area contributed by atoms with Gasteiger partial charge in [0.25, 0.3) is 0 Å². The Balaban J connectivity index is 2.25. The van der Waals surface area contributed by atoms with E-state index in [-0.39, 0.29) is 11.5 Å². The quantitative estimate of drug-likeness (QED) is 0.747. The van der Waals surface area contributed by atoms with Crippen LogP contribution in [0.3, 0.4) is 0 Å². The first-order valence-electron chi connectivity index (χ1n) is 9.13. The number of fused-ring (bicyclic) bond motifs is 1. The zero-order valence-corrected chi connectivity index (χ0v) is 16.1. The van der Waals surface area contributed by atoms with Gasteiger partial charge in [-0.1, -0.05) is 39.5 Å². The first kappa shape index (κ1) is 18.7. The molecule has 1 aromatic carbocycles. The Labute approximate surface area is 146 Å². The van der Waals surface area contributed by atoms with Crippen molar-refractivity contribution in [1.29, 1.82) is 0 Å². The Morgan fingerprint density at radius 1 is 1.17 bits per heavy atom. The van der Waals surface area contributed by atoms with Gasteiger partial charge in [0.15, 0.2) is 0 Å². The van der Waals surface area contributed by atoms with Crippen molar-refractivity contribution in [3.05, 3.63) is 23.8 Å². The van der Waals surface area contributed by atoms with Crippen LogP contribution in [0.25, 0.3) is 0 Å². The van der Waals surface area contributed by atoms with E-state index in [1.165, 1.54) is 41.8 Å². The normalized spacial score (nSPS) is 20.0. The topological polar surface area (TPSA) is 23.5 Å². The predicted octanol–water partition coefficient (Wildman–Crippen LogP) is 5.13. The molecule has 0 saturated heterocycles. The van der Waals surface area contributed by atoms with Crippen LogP contribution in [-0.4, -0.2) is 31.1 Å². The third-order valence-electron chi connectivity index (χ3n) is 5.25. The summed E-state index contributed by atoms with van der Waals surface area (Å²) in [5, 5.41) is 11.1. The molecule has 1 atom stereocenters. The summed E-state index contributed by atoms with van der Waals surface area (Å²) in [6, 6.07) is 6.71. The Morgan fingerprint density at radius 3 is 2.39 bits per heavy atom. The number of hydrogen-bond acceptors (Lipinski definition) is 3. The number of aliphatic hydroxyl groups excluding tert-OH is 1.